The molecule has 5 nitrogen and oxygen atoms in total. The van der Waals surface area contributed by atoms with Gasteiger partial charge in [-0.25, -0.2) is 4.68 Å². The van der Waals surface area contributed by atoms with E-state index >= 15 is 0 Å². The van der Waals surface area contributed by atoms with Crippen LogP contribution in [0, 0.1) is 4.77 Å². The molecular formula is C22H24ClN5S. The molecule has 4 rings (SSSR count). The summed E-state index contributed by atoms with van der Waals surface area (Å²) in [6.45, 7) is 5.78. The van der Waals surface area contributed by atoms with Crippen LogP contribution < -0.4 is 0 Å². The fourth-order valence-electron chi connectivity index (χ4n) is 3.44. The molecular weight excluding hydrogens is 402 g/mol. The number of hydrogen-bond acceptors (Lipinski definition) is 4. The van der Waals surface area contributed by atoms with Crippen molar-refractivity contribution in [1.29, 1.82) is 0 Å². The Morgan fingerprint density at radius 2 is 1.72 bits per heavy atom. The van der Waals surface area contributed by atoms with Gasteiger partial charge in [0.2, 0.25) is 4.77 Å². The molecule has 1 aliphatic rings. The quantitative estimate of drug-likeness (QED) is 0.549. The van der Waals surface area contributed by atoms with E-state index in [1.807, 2.05) is 39.6 Å². The number of piperazine rings is 1. The molecule has 1 aromatic heterocycles. The van der Waals surface area contributed by atoms with Crippen molar-refractivity contribution in [3.63, 3.8) is 0 Å². The van der Waals surface area contributed by atoms with E-state index in [-0.39, 0.29) is 0 Å². The Bertz CT molecular complexity index is 1020. The number of halogens is 1. The van der Waals surface area contributed by atoms with Crippen LogP contribution in [0.15, 0.2) is 67.0 Å². The van der Waals surface area contributed by atoms with Crippen LogP contribution in [0.3, 0.4) is 0 Å². The number of benzene rings is 2. The lowest BCUT2D eigenvalue weighted by atomic mass is 10.2. The van der Waals surface area contributed by atoms with Gasteiger partial charge in [0.1, 0.15) is 6.33 Å². The largest absolute Gasteiger partial charge is 0.297 e. The minimum absolute atomic E-state index is 0.681. The molecule has 0 radical (unpaired) electrons. The molecule has 3 aromatic rings. The van der Waals surface area contributed by atoms with Crippen LogP contribution in [-0.4, -0.2) is 56.9 Å². The van der Waals surface area contributed by atoms with Crippen molar-refractivity contribution < 1.29 is 0 Å². The molecule has 1 fully saturated rings. The number of aromatic nitrogens is 3. The SMILES string of the molecule is S=c1n(-c2cccc(Cl)c2)cnn1CN1CCN(C/C=C/c2ccccc2)CC1. The van der Waals surface area contributed by atoms with Crippen molar-refractivity contribution in [1.82, 2.24) is 24.1 Å². The molecule has 7 heteroatoms. The molecule has 0 saturated carbocycles. The molecule has 2 aromatic carbocycles. The second-order valence-corrected chi connectivity index (χ2v) is 7.94. The lowest BCUT2D eigenvalue weighted by Gasteiger charge is -2.33. The molecule has 1 aliphatic heterocycles. The fourth-order valence-corrected chi connectivity index (χ4v) is 3.88. The van der Waals surface area contributed by atoms with Crippen LogP contribution in [0.5, 0.6) is 0 Å². The van der Waals surface area contributed by atoms with Gasteiger partial charge in [-0.1, -0.05) is 60.2 Å². The third-order valence-corrected chi connectivity index (χ3v) is 5.73. The van der Waals surface area contributed by atoms with Gasteiger partial charge in [-0.3, -0.25) is 14.4 Å². The molecule has 150 valence electrons. The first-order valence-electron chi connectivity index (χ1n) is 9.76. The number of hydrogen-bond donors (Lipinski definition) is 0. The molecule has 0 spiro atoms. The second-order valence-electron chi connectivity index (χ2n) is 7.14. The molecule has 0 N–H and O–H groups in total. The average molecular weight is 426 g/mol. The van der Waals surface area contributed by atoms with Gasteiger partial charge in [0.15, 0.2) is 0 Å². The highest BCUT2D eigenvalue weighted by molar-refractivity contribution is 7.71. The Morgan fingerprint density at radius 1 is 0.966 bits per heavy atom. The Morgan fingerprint density at radius 3 is 2.48 bits per heavy atom. The van der Waals surface area contributed by atoms with Crippen molar-refractivity contribution in [2.75, 3.05) is 32.7 Å². The van der Waals surface area contributed by atoms with Gasteiger partial charge in [-0.15, -0.1) is 0 Å². The topological polar surface area (TPSA) is 29.2 Å². The molecule has 0 amide bonds. The summed E-state index contributed by atoms with van der Waals surface area (Å²) in [5.41, 5.74) is 2.18. The molecule has 0 aliphatic carbocycles. The van der Waals surface area contributed by atoms with Crippen LogP contribution >= 0.6 is 23.8 Å². The zero-order valence-electron chi connectivity index (χ0n) is 16.2. The summed E-state index contributed by atoms with van der Waals surface area (Å²) in [6, 6.07) is 18.1. The highest BCUT2D eigenvalue weighted by Gasteiger charge is 2.17. The summed E-state index contributed by atoms with van der Waals surface area (Å²) in [4.78, 5) is 4.86. The van der Waals surface area contributed by atoms with E-state index in [0.717, 1.165) is 38.4 Å². The predicted octanol–water partition coefficient (Wildman–Crippen LogP) is 4.35. The smallest absolute Gasteiger partial charge is 0.203 e. The van der Waals surface area contributed by atoms with E-state index in [2.05, 4.69) is 51.3 Å². The third-order valence-electron chi connectivity index (χ3n) is 5.09. The van der Waals surface area contributed by atoms with E-state index in [9.17, 15) is 0 Å². The van der Waals surface area contributed by atoms with Crippen molar-refractivity contribution in [3.8, 4) is 5.69 Å². The van der Waals surface area contributed by atoms with Gasteiger partial charge in [-0.2, -0.15) is 5.10 Å². The van der Waals surface area contributed by atoms with E-state index in [4.69, 9.17) is 23.8 Å². The van der Waals surface area contributed by atoms with Crippen molar-refractivity contribution in [2.45, 2.75) is 6.67 Å². The first kappa shape index (κ1) is 20.0. The van der Waals surface area contributed by atoms with Crippen molar-refractivity contribution in [2.24, 2.45) is 0 Å². The van der Waals surface area contributed by atoms with Crippen LogP contribution in [0.25, 0.3) is 11.8 Å². The summed E-state index contributed by atoms with van der Waals surface area (Å²) in [5, 5.41) is 5.17. The molecule has 2 heterocycles. The van der Waals surface area contributed by atoms with Gasteiger partial charge in [0.25, 0.3) is 0 Å². The van der Waals surface area contributed by atoms with E-state index in [1.54, 1.807) is 6.33 Å². The Kier molecular flexibility index (Phi) is 6.56. The second kappa shape index (κ2) is 9.50. The minimum Gasteiger partial charge on any atom is -0.297 e. The lowest BCUT2D eigenvalue weighted by Crippen LogP contribution is -2.46. The monoisotopic (exact) mass is 425 g/mol. The number of rotatable bonds is 6. The van der Waals surface area contributed by atoms with Crippen LogP contribution in [0.4, 0.5) is 0 Å². The maximum atomic E-state index is 6.10. The van der Waals surface area contributed by atoms with E-state index < -0.39 is 0 Å². The molecule has 29 heavy (non-hydrogen) atoms. The third kappa shape index (κ3) is 5.22. The van der Waals surface area contributed by atoms with Crippen LogP contribution in [0.1, 0.15) is 5.56 Å². The molecule has 0 unspecified atom stereocenters. The lowest BCUT2D eigenvalue weighted by molar-refractivity contribution is 0.110. The van der Waals surface area contributed by atoms with Gasteiger partial charge in [0.05, 0.1) is 12.4 Å². The Balaban J connectivity index is 1.30. The Labute approximate surface area is 181 Å². The highest BCUT2D eigenvalue weighted by Crippen LogP contribution is 2.15. The Hall–Kier alpha value is -2.25. The molecule has 0 atom stereocenters. The van der Waals surface area contributed by atoms with Gasteiger partial charge in [0, 0.05) is 37.7 Å². The van der Waals surface area contributed by atoms with Gasteiger partial charge >= 0.3 is 0 Å². The summed E-state index contributed by atoms with van der Waals surface area (Å²) in [5.74, 6) is 0. The van der Waals surface area contributed by atoms with Gasteiger partial charge in [-0.05, 0) is 36.0 Å². The first-order chi connectivity index (χ1) is 14.2. The van der Waals surface area contributed by atoms with Crippen LogP contribution in [0.2, 0.25) is 5.02 Å². The molecule has 0 bridgehead atoms. The first-order valence-corrected chi connectivity index (χ1v) is 10.5. The maximum absolute atomic E-state index is 6.10. The normalized spacial score (nSPS) is 15.9. The average Bonchev–Trinajstić information content (AvgIpc) is 3.10. The fraction of sp³-hybridized carbons (Fsp3) is 0.273. The summed E-state index contributed by atoms with van der Waals surface area (Å²) < 4.78 is 4.45. The summed E-state index contributed by atoms with van der Waals surface area (Å²) >= 11 is 11.7. The van der Waals surface area contributed by atoms with Gasteiger partial charge < -0.3 is 0 Å². The van der Waals surface area contributed by atoms with E-state index in [0.29, 0.717) is 16.5 Å². The number of nitrogens with zero attached hydrogens (tertiary/aromatic N) is 5. The predicted molar refractivity (Wildman–Crippen MR) is 121 cm³/mol. The van der Waals surface area contributed by atoms with Crippen LogP contribution in [-0.2, 0) is 6.67 Å². The minimum atomic E-state index is 0.681. The maximum Gasteiger partial charge on any atom is 0.203 e. The van der Waals surface area contributed by atoms with E-state index in [1.165, 1.54) is 5.56 Å². The standard InChI is InChI=1S/C22H24ClN5S/c23-20-9-4-10-21(16-20)27-17-24-28(22(27)29)18-26-14-12-25(13-15-26)11-5-8-19-6-2-1-3-7-19/h1-10,16-17H,11-15,18H2/b8-5+. The summed E-state index contributed by atoms with van der Waals surface area (Å²) in [7, 11) is 0. The summed E-state index contributed by atoms with van der Waals surface area (Å²) in [6.07, 6.45) is 6.19. The van der Waals surface area contributed by atoms with Crippen molar-refractivity contribution >= 4 is 29.9 Å². The highest BCUT2D eigenvalue weighted by atomic mass is 35.5. The molecule has 1 saturated heterocycles. The zero-order chi connectivity index (χ0) is 20.1. The van der Waals surface area contributed by atoms with Crippen molar-refractivity contribution in [3.05, 3.63) is 82.4 Å². The zero-order valence-corrected chi connectivity index (χ0v) is 17.8.